The second kappa shape index (κ2) is 13.9. The Morgan fingerprint density at radius 3 is 2.48 bits per heavy atom. The number of aromatic nitrogens is 2. The van der Waals surface area contributed by atoms with Crippen molar-refractivity contribution in [2.75, 3.05) is 44.2 Å². The summed E-state index contributed by atoms with van der Waals surface area (Å²) in [6.45, 7) is 3.90. The average Bonchev–Trinajstić information content (AvgIpc) is 3.87. The summed E-state index contributed by atoms with van der Waals surface area (Å²) in [6.07, 6.45) is 8.56. The zero-order chi connectivity index (χ0) is 32.9. The topological polar surface area (TPSA) is 116 Å². The molecule has 2 aromatic heterocycles. The summed E-state index contributed by atoms with van der Waals surface area (Å²) in [4.78, 5) is 42.7. The molecule has 246 valence electrons. The number of ether oxygens (including phenoxy) is 1. The number of benzene rings is 2. The van der Waals surface area contributed by atoms with Crippen molar-refractivity contribution in [1.82, 2.24) is 19.8 Å². The predicted octanol–water partition coefficient (Wildman–Crippen LogP) is 6.06. The number of nitrogens with zero attached hydrogens (tertiary/aromatic N) is 6. The van der Waals surface area contributed by atoms with Crippen LogP contribution < -0.4 is 9.64 Å². The normalized spacial score (nSPS) is 18.6. The van der Waals surface area contributed by atoms with Crippen LogP contribution in [-0.2, 0) is 6.54 Å². The number of anilines is 1. The standard InChI is InChI=1S/C38H40N6O4/c39-23-29-11-14-34(40-24-29)42-18-6-15-38(16-19-43(20-17-38)37(46)32-26-47-35(41-32)30-12-13-30)27-48-33-10-5-4-9-31(33)36(45)44(22-21-42)25-28-7-2-1-3-8-28/h1-5,7-11,14,24,26,30H,6,12-13,15-22,25,27H2. The summed E-state index contributed by atoms with van der Waals surface area (Å²) in [5, 5.41) is 9.35. The molecule has 2 aromatic carbocycles. The van der Waals surface area contributed by atoms with E-state index in [1.807, 2.05) is 70.5 Å². The van der Waals surface area contributed by atoms with Crippen molar-refractivity contribution in [3.05, 3.63) is 107 Å². The lowest BCUT2D eigenvalue weighted by Crippen LogP contribution is -2.46. The highest BCUT2D eigenvalue weighted by Gasteiger charge is 2.38. The molecule has 2 aliphatic heterocycles. The number of pyridine rings is 1. The molecule has 10 heteroatoms. The highest BCUT2D eigenvalue weighted by Crippen LogP contribution is 2.40. The van der Waals surface area contributed by atoms with Gasteiger partial charge < -0.3 is 23.9 Å². The molecular weight excluding hydrogens is 604 g/mol. The molecule has 0 radical (unpaired) electrons. The number of amides is 2. The molecular formula is C38H40N6O4. The molecule has 48 heavy (non-hydrogen) atoms. The van der Waals surface area contributed by atoms with Crippen LogP contribution in [0.15, 0.2) is 83.6 Å². The maximum Gasteiger partial charge on any atom is 0.275 e. The Bertz CT molecular complexity index is 1770. The number of oxazole rings is 1. The summed E-state index contributed by atoms with van der Waals surface area (Å²) in [5.74, 6) is 2.21. The summed E-state index contributed by atoms with van der Waals surface area (Å²) in [6, 6.07) is 23.4. The van der Waals surface area contributed by atoms with Gasteiger partial charge in [0.15, 0.2) is 11.6 Å². The Labute approximate surface area is 280 Å². The van der Waals surface area contributed by atoms with Crippen LogP contribution >= 0.6 is 0 Å². The van der Waals surface area contributed by atoms with E-state index in [1.165, 1.54) is 6.26 Å². The third-order valence-corrected chi connectivity index (χ3v) is 9.91. The first-order valence-corrected chi connectivity index (χ1v) is 16.9. The number of hydrogen-bond donors (Lipinski definition) is 0. The fourth-order valence-electron chi connectivity index (χ4n) is 6.81. The minimum atomic E-state index is -0.183. The van der Waals surface area contributed by atoms with E-state index in [9.17, 15) is 14.9 Å². The number of hydrogen-bond acceptors (Lipinski definition) is 8. The van der Waals surface area contributed by atoms with E-state index in [0.717, 1.165) is 56.5 Å². The summed E-state index contributed by atoms with van der Waals surface area (Å²) in [7, 11) is 0. The molecule has 0 N–H and O–H groups in total. The van der Waals surface area contributed by atoms with Crippen LogP contribution in [0.25, 0.3) is 0 Å². The van der Waals surface area contributed by atoms with Crippen LogP contribution in [0.3, 0.4) is 0 Å². The van der Waals surface area contributed by atoms with Gasteiger partial charge in [0.05, 0.1) is 17.7 Å². The van der Waals surface area contributed by atoms with E-state index in [4.69, 9.17) is 9.15 Å². The number of fused-ring (bicyclic) bond motifs is 1. The molecule has 4 heterocycles. The molecule has 1 aliphatic carbocycles. The number of rotatable bonds is 5. The maximum absolute atomic E-state index is 14.3. The molecule has 2 amide bonds. The molecule has 1 saturated carbocycles. The Hall–Kier alpha value is -5.17. The van der Waals surface area contributed by atoms with Gasteiger partial charge in [-0.25, -0.2) is 9.97 Å². The zero-order valence-electron chi connectivity index (χ0n) is 27.1. The number of nitriles is 1. The predicted molar refractivity (Wildman–Crippen MR) is 180 cm³/mol. The van der Waals surface area contributed by atoms with Gasteiger partial charge in [-0.1, -0.05) is 42.5 Å². The largest absolute Gasteiger partial charge is 0.492 e. The summed E-state index contributed by atoms with van der Waals surface area (Å²) in [5.41, 5.74) is 2.30. The van der Waals surface area contributed by atoms with Crippen LogP contribution in [0.4, 0.5) is 5.82 Å². The van der Waals surface area contributed by atoms with Gasteiger partial charge in [-0.2, -0.15) is 5.26 Å². The number of likely N-dealkylation sites (tertiary alicyclic amines) is 1. The first-order chi connectivity index (χ1) is 23.5. The lowest BCUT2D eigenvalue weighted by atomic mass is 9.75. The average molecular weight is 645 g/mol. The van der Waals surface area contributed by atoms with Crippen molar-refractivity contribution in [2.24, 2.45) is 5.41 Å². The number of carbonyl (C=O) groups excluding carboxylic acids is 2. The van der Waals surface area contributed by atoms with E-state index in [-0.39, 0.29) is 17.2 Å². The van der Waals surface area contributed by atoms with Crippen LogP contribution in [0.1, 0.15) is 82.3 Å². The van der Waals surface area contributed by atoms with Crippen molar-refractivity contribution < 1.29 is 18.7 Å². The van der Waals surface area contributed by atoms with Crippen LogP contribution in [0.2, 0.25) is 0 Å². The van der Waals surface area contributed by atoms with Gasteiger partial charge >= 0.3 is 0 Å². The fraction of sp³-hybridized carbons (Fsp3) is 0.395. The van der Waals surface area contributed by atoms with Crippen LogP contribution in [-0.4, -0.2) is 70.9 Å². The number of piperidine rings is 1. The van der Waals surface area contributed by atoms with Gasteiger partial charge in [-0.15, -0.1) is 0 Å². The monoisotopic (exact) mass is 644 g/mol. The maximum atomic E-state index is 14.3. The SMILES string of the molecule is N#Cc1ccc(N2CCCC3(CCN(C(=O)c4coc(C5CC5)n4)CC3)COc3ccccc3C(=O)N(Cc3ccccc3)CC2)nc1. The van der Waals surface area contributed by atoms with E-state index in [1.54, 1.807) is 12.3 Å². The van der Waals surface area contributed by atoms with E-state index in [0.29, 0.717) is 73.7 Å². The van der Waals surface area contributed by atoms with Crippen molar-refractivity contribution in [1.29, 1.82) is 5.26 Å². The van der Waals surface area contributed by atoms with Gasteiger partial charge in [0, 0.05) is 56.8 Å². The van der Waals surface area contributed by atoms with Gasteiger partial charge in [-0.05, 0) is 68.4 Å². The molecule has 1 spiro atoms. The first-order valence-electron chi connectivity index (χ1n) is 16.9. The smallest absolute Gasteiger partial charge is 0.275 e. The van der Waals surface area contributed by atoms with Gasteiger partial charge in [0.2, 0.25) is 0 Å². The molecule has 0 atom stereocenters. The summed E-state index contributed by atoms with van der Waals surface area (Å²) < 4.78 is 12.2. The Morgan fingerprint density at radius 2 is 1.73 bits per heavy atom. The highest BCUT2D eigenvalue weighted by atomic mass is 16.5. The van der Waals surface area contributed by atoms with E-state index >= 15 is 0 Å². The van der Waals surface area contributed by atoms with E-state index in [2.05, 4.69) is 20.9 Å². The quantitative estimate of drug-likeness (QED) is 0.257. The minimum absolute atomic E-state index is 0.0847. The third kappa shape index (κ3) is 7.05. The van der Waals surface area contributed by atoms with Crippen molar-refractivity contribution in [3.63, 3.8) is 0 Å². The molecule has 2 fully saturated rings. The number of carbonyl (C=O) groups is 2. The molecule has 3 aliphatic rings. The Kier molecular flexibility index (Phi) is 9.10. The van der Waals surface area contributed by atoms with Crippen molar-refractivity contribution in [2.45, 2.75) is 51.0 Å². The Morgan fingerprint density at radius 1 is 0.938 bits per heavy atom. The molecule has 10 nitrogen and oxygen atoms in total. The van der Waals surface area contributed by atoms with Gasteiger partial charge in [0.25, 0.3) is 11.8 Å². The van der Waals surface area contributed by atoms with Crippen molar-refractivity contribution in [3.8, 4) is 11.8 Å². The summed E-state index contributed by atoms with van der Waals surface area (Å²) >= 11 is 0. The second-order valence-electron chi connectivity index (χ2n) is 13.2. The minimum Gasteiger partial charge on any atom is -0.492 e. The number of para-hydroxylation sites is 1. The molecule has 0 unspecified atom stereocenters. The third-order valence-electron chi connectivity index (χ3n) is 9.91. The van der Waals surface area contributed by atoms with Crippen LogP contribution in [0, 0.1) is 16.7 Å². The first kappa shape index (κ1) is 31.4. The van der Waals surface area contributed by atoms with E-state index < -0.39 is 0 Å². The molecule has 4 aromatic rings. The fourth-order valence-corrected chi connectivity index (χ4v) is 6.81. The molecule has 0 bridgehead atoms. The molecule has 7 rings (SSSR count). The second-order valence-corrected chi connectivity index (χ2v) is 13.2. The molecule has 1 saturated heterocycles. The van der Waals surface area contributed by atoms with Gasteiger partial charge in [-0.3, -0.25) is 9.59 Å². The zero-order valence-corrected chi connectivity index (χ0v) is 27.1. The van der Waals surface area contributed by atoms with Gasteiger partial charge in [0.1, 0.15) is 23.9 Å². The van der Waals surface area contributed by atoms with Crippen molar-refractivity contribution >= 4 is 17.6 Å². The van der Waals surface area contributed by atoms with Crippen LogP contribution in [0.5, 0.6) is 5.75 Å². The lowest BCUT2D eigenvalue weighted by Gasteiger charge is -2.42. The lowest BCUT2D eigenvalue weighted by molar-refractivity contribution is 0.0360. The highest BCUT2D eigenvalue weighted by molar-refractivity contribution is 5.97. The Balaban J connectivity index is 1.14.